The molecule has 0 saturated carbocycles. The number of allylic oxidation sites excluding steroid dienone is 5. The van der Waals surface area contributed by atoms with Gasteiger partial charge < -0.3 is 10.4 Å². The predicted octanol–water partition coefficient (Wildman–Crippen LogP) is 3.66. The van der Waals surface area contributed by atoms with Crippen LogP contribution in [0, 0.1) is 17.7 Å². The molecule has 136 valence electrons. The van der Waals surface area contributed by atoms with Crippen molar-refractivity contribution in [2.45, 2.75) is 45.3 Å². The van der Waals surface area contributed by atoms with Gasteiger partial charge in [-0.25, -0.2) is 4.39 Å². The highest BCUT2D eigenvalue weighted by Crippen LogP contribution is 2.14. The molecule has 1 atom stereocenters. The van der Waals surface area contributed by atoms with E-state index < -0.39 is 5.60 Å². The number of halogens is 1. The summed E-state index contributed by atoms with van der Waals surface area (Å²) in [6.45, 7) is 5.10. The van der Waals surface area contributed by atoms with Crippen LogP contribution in [0.5, 0.6) is 0 Å². The second-order valence-electron chi connectivity index (χ2n) is 6.86. The van der Waals surface area contributed by atoms with Crippen LogP contribution in [0.3, 0.4) is 0 Å². The highest BCUT2D eigenvalue weighted by molar-refractivity contribution is 5.94. The Bertz CT molecular complexity index is 799. The van der Waals surface area contributed by atoms with Gasteiger partial charge in [-0.1, -0.05) is 30.1 Å². The van der Waals surface area contributed by atoms with Gasteiger partial charge in [0.15, 0.2) is 0 Å². The number of carbonyl (C=O) groups is 1. The van der Waals surface area contributed by atoms with Crippen molar-refractivity contribution in [3.63, 3.8) is 0 Å². The van der Waals surface area contributed by atoms with E-state index in [-0.39, 0.29) is 17.8 Å². The van der Waals surface area contributed by atoms with Gasteiger partial charge in [0.2, 0.25) is 5.91 Å². The van der Waals surface area contributed by atoms with Crippen molar-refractivity contribution in [3.8, 4) is 11.8 Å². The standard InChI is InChI=1S/C22H24FNO2/c1-16(22(2,3)26)24-21(25)19-7-5-4-6-17(10-13-19)8-9-18-11-14-20(23)15-12-18/h4,6,10-16,26H,5,7H2,1-3H3,(H,24,25). The van der Waals surface area contributed by atoms with Gasteiger partial charge >= 0.3 is 0 Å². The van der Waals surface area contributed by atoms with Crippen LogP contribution >= 0.6 is 0 Å². The van der Waals surface area contributed by atoms with E-state index in [0.717, 1.165) is 17.6 Å². The van der Waals surface area contributed by atoms with E-state index in [1.165, 1.54) is 12.1 Å². The van der Waals surface area contributed by atoms with Crippen LogP contribution in [0.25, 0.3) is 0 Å². The topological polar surface area (TPSA) is 49.3 Å². The molecule has 1 aliphatic carbocycles. The van der Waals surface area contributed by atoms with Gasteiger partial charge in [-0.15, -0.1) is 0 Å². The maximum Gasteiger partial charge on any atom is 0.247 e. The lowest BCUT2D eigenvalue weighted by Gasteiger charge is -2.27. The highest BCUT2D eigenvalue weighted by Gasteiger charge is 2.24. The van der Waals surface area contributed by atoms with Crippen molar-refractivity contribution < 1.29 is 14.3 Å². The van der Waals surface area contributed by atoms with E-state index in [4.69, 9.17) is 0 Å². The lowest BCUT2D eigenvalue weighted by molar-refractivity contribution is -0.119. The van der Waals surface area contributed by atoms with Crippen LogP contribution < -0.4 is 5.32 Å². The molecule has 2 rings (SSSR count). The molecular formula is C22H24FNO2. The fourth-order valence-corrected chi connectivity index (χ4v) is 2.19. The molecule has 0 saturated heterocycles. The molecule has 26 heavy (non-hydrogen) atoms. The fourth-order valence-electron chi connectivity index (χ4n) is 2.19. The first-order valence-electron chi connectivity index (χ1n) is 8.64. The normalized spacial score (nSPS) is 15.6. The van der Waals surface area contributed by atoms with Crippen molar-refractivity contribution in [1.29, 1.82) is 0 Å². The van der Waals surface area contributed by atoms with Gasteiger partial charge in [0, 0.05) is 16.7 Å². The Kier molecular flexibility index (Phi) is 6.54. The number of aliphatic hydroxyl groups is 1. The Morgan fingerprint density at radius 3 is 2.58 bits per heavy atom. The van der Waals surface area contributed by atoms with E-state index >= 15 is 0 Å². The summed E-state index contributed by atoms with van der Waals surface area (Å²) < 4.78 is 12.9. The molecule has 0 radical (unpaired) electrons. The second-order valence-corrected chi connectivity index (χ2v) is 6.86. The number of nitrogens with one attached hydrogen (secondary N) is 1. The zero-order valence-electron chi connectivity index (χ0n) is 15.3. The maximum atomic E-state index is 12.9. The second kappa shape index (κ2) is 8.64. The number of benzene rings is 1. The third-order valence-corrected chi connectivity index (χ3v) is 4.24. The summed E-state index contributed by atoms with van der Waals surface area (Å²) in [7, 11) is 0. The average Bonchev–Trinajstić information content (AvgIpc) is 2.54. The maximum absolute atomic E-state index is 12.9. The third-order valence-electron chi connectivity index (χ3n) is 4.24. The van der Waals surface area contributed by atoms with E-state index in [2.05, 4.69) is 17.2 Å². The molecule has 1 aliphatic rings. The minimum atomic E-state index is -0.987. The summed E-state index contributed by atoms with van der Waals surface area (Å²) >= 11 is 0. The Morgan fingerprint density at radius 2 is 1.92 bits per heavy atom. The Hall–Kier alpha value is -2.64. The van der Waals surface area contributed by atoms with Crippen LogP contribution in [0.15, 0.2) is 59.7 Å². The summed E-state index contributed by atoms with van der Waals surface area (Å²) in [6.07, 6.45) is 8.81. The zero-order chi connectivity index (χ0) is 19.2. The number of carbonyl (C=O) groups excluding carboxylic acids is 1. The van der Waals surface area contributed by atoms with Gasteiger partial charge in [-0.05, 0) is 64.0 Å². The van der Waals surface area contributed by atoms with Crippen LogP contribution in [0.4, 0.5) is 4.39 Å². The monoisotopic (exact) mass is 353 g/mol. The Balaban J connectivity index is 2.15. The summed E-state index contributed by atoms with van der Waals surface area (Å²) in [4.78, 5) is 12.4. The molecule has 3 nitrogen and oxygen atoms in total. The van der Waals surface area contributed by atoms with Crippen molar-refractivity contribution in [2.24, 2.45) is 0 Å². The highest BCUT2D eigenvalue weighted by atomic mass is 19.1. The predicted molar refractivity (Wildman–Crippen MR) is 102 cm³/mol. The minimum Gasteiger partial charge on any atom is -0.388 e. The molecule has 4 heteroatoms. The lowest BCUT2D eigenvalue weighted by atomic mass is 9.99. The molecule has 1 aromatic rings. The number of hydrogen-bond donors (Lipinski definition) is 2. The molecule has 2 N–H and O–H groups in total. The molecule has 1 amide bonds. The zero-order valence-corrected chi connectivity index (χ0v) is 15.3. The van der Waals surface area contributed by atoms with Gasteiger partial charge in [0.25, 0.3) is 0 Å². The van der Waals surface area contributed by atoms with Gasteiger partial charge in [0.1, 0.15) is 5.82 Å². The van der Waals surface area contributed by atoms with Crippen molar-refractivity contribution in [3.05, 3.63) is 71.1 Å². The first-order valence-corrected chi connectivity index (χ1v) is 8.64. The van der Waals surface area contributed by atoms with Gasteiger partial charge in [0.05, 0.1) is 11.6 Å². The first kappa shape index (κ1) is 19.7. The minimum absolute atomic E-state index is 0.183. The van der Waals surface area contributed by atoms with E-state index in [1.54, 1.807) is 45.1 Å². The quantitative estimate of drug-likeness (QED) is 0.815. The fraction of sp³-hybridized carbons (Fsp3) is 0.318. The van der Waals surface area contributed by atoms with E-state index in [0.29, 0.717) is 12.0 Å². The molecule has 1 unspecified atom stereocenters. The first-order chi connectivity index (χ1) is 12.3. The summed E-state index contributed by atoms with van der Waals surface area (Å²) in [5.74, 6) is 5.55. The van der Waals surface area contributed by atoms with Crippen LogP contribution in [0.1, 0.15) is 39.2 Å². The number of hydrogen-bond acceptors (Lipinski definition) is 2. The van der Waals surface area contributed by atoms with Crippen LogP contribution in [0.2, 0.25) is 0 Å². The lowest BCUT2D eigenvalue weighted by Crippen LogP contribution is -2.47. The summed E-state index contributed by atoms with van der Waals surface area (Å²) in [6, 6.07) is 5.64. The summed E-state index contributed by atoms with van der Waals surface area (Å²) in [5, 5.41) is 12.8. The SMILES string of the molecule is CC(NC(=O)C1=CC=C(C#Cc2ccc(F)cc2)C=CCC1)C(C)(C)O. The van der Waals surface area contributed by atoms with Crippen molar-refractivity contribution in [1.82, 2.24) is 5.32 Å². The molecule has 0 fully saturated rings. The van der Waals surface area contributed by atoms with Gasteiger partial charge in [-0.3, -0.25) is 4.79 Å². The summed E-state index contributed by atoms with van der Waals surface area (Å²) in [5.41, 5.74) is 1.16. The number of rotatable bonds is 3. The molecule has 0 bridgehead atoms. The molecule has 0 spiro atoms. The largest absolute Gasteiger partial charge is 0.388 e. The van der Waals surface area contributed by atoms with Crippen molar-refractivity contribution >= 4 is 5.91 Å². The third kappa shape index (κ3) is 6.02. The Labute approximate surface area is 154 Å². The number of amides is 1. The molecular weight excluding hydrogens is 329 g/mol. The van der Waals surface area contributed by atoms with E-state index in [1.807, 2.05) is 12.2 Å². The molecule has 0 aliphatic heterocycles. The van der Waals surface area contributed by atoms with Gasteiger partial charge in [-0.2, -0.15) is 0 Å². The molecule has 0 aromatic heterocycles. The van der Waals surface area contributed by atoms with E-state index in [9.17, 15) is 14.3 Å². The smallest absolute Gasteiger partial charge is 0.247 e. The van der Waals surface area contributed by atoms with Crippen LogP contribution in [-0.2, 0) is 4.79 Å². The molecule has 0 heterocycles. The Morgan fingerprint density at radius 1 is 1.23 bits per heavy atom. The van der Waals surface area contributed by atoms with Crippen LogP contribution in [-0.4, -0.2) is 22.7 Å². The van der Waals surface area contributed by atoms with Crippen molar-refractivity contribution in [2.75, 3.05) is 0 Å². The molecule has 1 aromatic carbocycles. The average molecular weight is 353 g/mol.